The van der Waals surface area contributed by atoms with E-state index in [0.717, 1.165) is 10.5 Å². The molecule has 0 fully saturated rings. The van der Waals surface area contributed by atoms with Crippen molar-refractivity contribution in [3.05, 3.63) is 54.1 Å². The van der Waals surface area contributed by atoms with Crippen LogP contribution in [0.2, 0.25) is 0 Å². The Morgan fingerprint density at radius 1 is 1.10 bits per heavy atom. The fraction of sp³-hybridized carbons (Fsp3) is 0.200. The van der Waals surface area contributed by atoms with Crippen LogP contribution < -0.4 is 5.73 Å². The molecule has 3 nitrogen and oxygen atoms in total. The van der Waals surface area contributed by atoms with Gasteiger partial charge in [-0.25, -0.2) is 8.42 Å². The molecule has 106 valence electrons. The third-order valence-corrected chi connectivity index (χ3v) is 5.91. The Hall–Kier alpha value is -1.46. The molecule has 2 rings (SSSR count). The minimum Gasteiger partial charge on any atom is -0.398 e. The first-order valence-corrected chi connectivity index (χ1v) is 8.89. The summed E-state index contributed by atoms with van der Waals surface area (Å²) in [5.41, 5.74) is 6.99. The van der Waals surface area contributed by atoms with Gasteiger partial charge in [0.15, 0.2) is 9.84 Å². The number of benzene rings is 2. The Kier molecular flexibility index (Phi) is 4.73. The third-order valence-electron chi connectivity index (χ3n) is 2.87. The van der Waals surface area contributed by atoms with Crippen molar-refractivity contribution in [3.63, 3.8) is 0 Å². The highest BCUT2D eigenvalue weighted by atomic mass is 32.2. The molecule has 0 spiro atoms. The Labute approximate surface area is 124 Å². The number of nitrogens with two attached hydrogens (primary N) is 1. The van der Waals surface area contributed by atoms with E-state index in [4.69, 9.17) is 5.73 Å². The summed E-state index contributed by atoms with van der Waals surface area (Å²) in [5, 5.41) is 0. The van der Waals surface area contributed by atoms with Gasteiger partial charge < -0.3 is 5.73 Å². The maximum Gasteiger partial charge on any atom is 0.181 e. The first-order valence-electron chi connectivity index (χ1n) is 6.26. The Morgan fingerprint density at radius 3 is 2.50 bits per heavy atom. The molecule has 0 aromatic heterocycles. The van der Waals surface area contributed by atoms with E-state index < -0.39 is 9.84 Å². The molecule has 2 N–H and O–H groups in total. The summed E-state index contributed by atoms with van der Waals surface area (Å²) in [5.74, 6) is 0.597. The van der Waals surface area contributed by atoms with Crippen LogP contribution in [0.15, 0.2) is 58.3 Å². The lowest BCUT2D eigenvalue weighted by atomic mass is 10.2. The number of aryl methyl sites for hydroxylation is 1. The standard InChI is InChI=1S/C15H17NO2S2/c1-12-7-8-14(16)15(11-12)20(17,18)10-9-19-13-5-3-2-4-6-13/h2-8,11H,9-10,16H2,1H3. The summed E-state index contributed by atoms with van der Waals surface area (Å²) in [6.07, 6.45) is 0. The largest absolute Gasteiger partial charge is 0.398 e. The molecule has 0 atom stereocenters. The molecule has 0 heterocycles. The number of sulfone groups is 1. The van der Waals surface area contributed by atoms with Crippen molar-refractivity contribution in [1.82, 2.24) is 0 Å². The monoisotopic (exact) mass is 307 g/mol. The Balaban J connectivity index is 2.06. The lowest BCUT2D eigenvalue weighted by Crippen LogP contribution is -2.11. The molecule has 20 heavy (non-hydrogen) atoms. The first kappa shape index (κ1) is 14.9. The molecule has 0 aliphatic heterocycles. The number of anilines is 1. The smallest absolute Gasteiger partial charge is 0.181 e. The summed E-state index contributed by atoms with van der Waals surface area (Å²) in [6, 6.07) is 14.9. The van der Waals surface area contributed by atoms with E-state index in [1.807, 2.05) is 43.3 Å². The van der Waals surface area contributed by atoms with Gasteiger partial charge in [-0.2, -0.15) is 0 Å². The maximum absolute atomic E-state index is 12.3. The van der Waals surface area contributed by atoms with Crippen molar-refractivity contribution >= 4 is 27.3 Å². The van der Waals surface area contributed by atoms with Crippen LogP contribution in [0.1, 0.15) is 5.56 Å². The van der Waals surface area contributed by atoms with E-state index in [1.165, 1.54) is 11.8 Å². The van der Waals surface area contributed by atoms with Crippen molar-refractivity contribution in [2.45, 2.75) is 16.7 Å². The summed E-state index contributed by atoms with van der Waals surface area (Å²) in [4.78, 5) is 1.31. The molecule has 0 amide bonds. The SMILES string of the molecule is Cc1ccc(N)c(S(=O)(=O)CCSc2ccccc2)c1. The third kappa shape index (κ3) is 3.77. The zero-order valence-corrected chi connectivity index (χ0v) is 12.9. The lowest BCUT2D eigenvalue weighted by molar-refractivity contribution is 0.598. The van der Waals surface area contributed by atoms with E-state index in [2.05, 4.69) is 0 Å². The van der Waals surface area contributed by atoms with Gasteiger partial charge in [-0.15, -0.1) is 11.8 Å². The van der Waals surface area contributed by atoms with Gasteiger partial charge in [-0.3, -0.25) is 0 Å². The Morgan fingerprint density at radius 2 is 1.80 bits per heavy atom. The highest BCUT2D eigenvalue weighted by Gasteiger charge is 2.17. The maximum atomic E-state index is 12.3. The summed E-state index contributed by atoms with van der Waals surface area (Å²) in [6.45, 7) is 1.86. The summed E-state index contributed by atoms with van der Waals surface area (Å²) < 4.78 is 24.6. The Bertz CT molecular complexity index is 682. The molecule has 0 unspecified atom stereocenters. The molecule has 0 radical (unpaired) electrons. The molecular formula is C15H17NO2S2. The van der Waals surface area contributed by atoms with Gasteiger partial charge in [-0.05, 0) is 36.8 Å². The van der Waals surface area contributed by atoms with Gasteiger partial charge in [0.05, 0.1) is 16.3 Å². The molecule has 0 bridgehead atoms. The molecule has 2 aromatic carbocycles. The minimum absolute atomic E-state index is 0.0835. The molecule has 0 aliphatic carbocycles. The van der Waals surface area contributed by atoms with Crippen molar-refractivity contribution in [2.24, 2.45) is 0 Å². The van der Waals surface area contributed by atoms with E-state index in [9.17, 15) is 8.42 Å². The van der Waals surface area contributed by atoms with Crippen LogP contribution in [0.3, 0.4) is 0 Å². The van der Waals surface area contributed by atoms with Crippen molar-refractivity contribution in [3.8, 4) is 0 Å². The van der Waals surface area contributed by atoms with Gasteiger partial charge in [-0.1, -0.05) is 24.3 Å². The summed E-state index contributed by atoms with van der Waals surface area (Å²) in [7, 11) is -3.33. The average molecular weight is 307 g/mol. The molecule has 0 aliphatic rings. The zero-order valence-electron chi connectivity index (χ0n) is 11.2. The zero-order chi connectivity index (χ0) is 14.6. The van der Waals surface area contributed by atoms with E-state index in [1.54, 1.807) is 12.1 Å². The van der Waals surface area contributed by atoms with Crippen LogP contribution in [0.4, 0.5) is 5.69 Å². The fourth-order valence-electron chi connectivity index (χ4n) is 1.81. The highest BCUT2D eigenvalue weighted by molar-refractivity contribution is 8.00. The van der Waals surface area contributed by atoms with Crippen molar-refractivity contribution in [1.29, 1.82) is 0 Å². The second-order valence-corrected chi connectivity index (χ2v) is 7.77. The number of nitrogen functional groups attached to an aromatic ring is 1. The second-order valence-electron chi connectivity index (χ2n) is 4.52. The van der Waals surface area contributed by atoms with E-state index >= 15 is 0 Å². The van der Waals surface area contributed by atoms with Gasteiger partial charge in [0.1, 0.15) is 0 Å². The van der Waals surface area contributed by atoms with Crippen LogP contribution in [-0.4, -0.2) is 19.9 Å². The topological polar surface area (TPSA) is 60.2 Å². The predicted molar refractivity (Wildman–Crippen MR) is 84.8 cm³/mol. The van der Waals surface area contributed by atoms with Crippen molar-refractivity contribution in [2.75, 3.05) is 17.2 Å². The first-order chi connectivity index (χ1) is 9.49. The van der Waals surface area contributed by atoms with Gasteiger partial charge >= 0.3 is 0 Å². The van der Waals surface area contributed by atoms with E-state index in [0.29, 0.717) is 11.4 Å². The number of hydrogen-bond acceptors (Lipinski definition) is 4. The van der Waals surface area contributed by atoms with Gasteiger partial charge in [0, 0.05) is 10.6 Å². The normalized spacial score (nSPS) is 11.4. The van der Waals surface area contributed by atoms with E-state index in [-0.39, 0.29) is 10.6 Å². The van der Waals surface area contributed by atoms with Crippen LogP contribution in [-0.2, 0) is 9.84 Å². The average Bonchev–Trinajstić information content (AvgIpc) is 2.42. The molecular weight excluding hydrogens is 290 g/mol. The molecule has 5 heteroatoms. The summed E-state index contributed by atoms with van der Waals surface area (Å²) >= 11 is 1.53. The number of hydrogen-bond donors (Lipinski definition) is 1. The van der Waals surface area contributed by atoms with Crippen LogP contribution in [0, 0.1) is 6.92 Å². The van der Waals surface area contributed by atoms with Crippen LogP contribution in [0.5, 0.6) is 0 Å². The van der Waals surface area contributed by atoms with Crippen molar-refractivity contribution < 1.29 is 8.42 Å². The van der Waals surface area contributed by atoms with Crippen LogP contribution in [0.25, 0.3) is 0 Å². The van der Waals surface area contributed by atoms with Gasteiger partial charge in [0.25, 0.3) is 0 Å². The molecule has 2 aromatic rings. The highest BCUT2D eigenvalue weighted by Crippen LogP contribution is 2.23. The fourth-order valence-corrected chi connectivity index (χ4v) is 4.62. The number of rotatable bonds is 5. The van der Waals surface area contributed by atoms with Crippen LogP contribution >= 0.6 is 11.8 Å². The lowest BCUT2D eigenvalue weighted by Gasteiger charge is -2.08. The minimum atomic E-state index is -3.33. The second kappa shape index (κ2) is 6.33. The molecule has 0 saturated heterocycles. The quantitative estimate of drug-likeness (QED) is 0.681. The predicted octanol–water partition coefficient (Wildman–Crippen LogP) is 3.14. The number of thioether (sulfide) groups is 1. The van der Waals surface area contributed by atoms with Gasteiger partial charge in [0.2, 0.25) is 0 Å². The molecule has 0 saturated carbocycles.